The zero-order chi connectivity index (χ0) is 31.2. The maximum absolute atomic E-state index is 14.0. The van der Waals surface area contributed by atoms with Gasteiger partial charge in [0.1, 0.15) is 18.4 Å². The summed E-state index contributed by atoms with van der Waals surface area (Å²) in [6.45, 7) is 6.29. The van der Waals surface area contributed by atoms with Gasteiger partial charge in [-0.05, 0) is 81.8 Å². The molecule has 1 unspecified atom stereocenters. The molecule has 42 heavy (non-hydrogen) atoms. The van der Waals surface area contributed by atoms with Crippen molar-refractivity contribution in [1.82, 2.24) is 10.2 Å². The zero-order valence-electron chi connectivity index (χ0n) is 24.4. The summed E-state index contributed by atoms with van der Waals surface area (Å²) in [5.41, 5.74) is 0.115. The first kappa shape index (κ1) is 32.7. The van der Waals surface area contributed by atoms with Gasteiger partial charge in [0, 0.05) is 23.2 Å². The molecule has 3 aromatic rings. The molecule has 0 fully saturated rings. The Hall–Kier alpha value is -3.83. The van der Waals surface area contributed by atoms with Crippen molar-refractivity contribution in [2.24, 2.45) is 0 Å². The second kappa shape index (κ2) is 13.4. The Morgan fingerprint density at radius 2 is 1.62 bits per heavy atom. The lowest BCUT2D eigenvalue weighted by Crippen LogP contribution is -2.54. The molecule has 0 radical (unpaired) electrons. The van der Waals surface area contributed by atoms with Crippen molar-refractivity contribution in [2.45, 2.75) is 50.7 Å². The van der Waals surface area contributed by atoms with Gasteiger partial charge in [0.25, 0.3) is 10.0 Å². The minimum Gasteiger partial charge on any atom is -0.493 e. The number of carbonyl (C=O) groups excluding carboxylic acids is 2. The number of anilines is 1. The topological polar surface area (TPSA) is 105 Å². The molecule has 3 rings (SSSR count). The van der Waals surface area contributed by atoms with E-state index in [0.29, 0.717) is 16.3 Å². The van der Waals surface area contributed by atoms with Crippen molar-refractivity contribution in [3.63, 3.8) is 0 Å². The molecule has 9 nitrogen and oxygen atoms in total. The van der Waals surface area contributed by atoms with Crippen LogP contribution in [-0.2, 0) is 26.2 Å². The van der Waals surface area contributed by atoms with Crippen LogP contribution in [0, 0.1) is 5.82 Å². The Balaban J connectivity index is 2.08. The van der Waals surface area contributed by atoms with E-state index in [0.717, 1.165) is 16.4 Å². The molecule has 1 N–H and O–H groups in total. The SMILES string of the molecule is COc1ccc(S(=O)(=O)N(CC(=O)N(Cc2cccc(Cl)c2)C(C)C(=O)NC(C)(C)C)c2ccc(F)cc2)cc1OC. The van der Waals surface area contributed by atoms with Crippen LogP contribution in [-0.4, -0.2) is 57.5 Å². The minimum absolute atomic E-state index is 0.0220. The molecule has 226 valence electrons. The van der Waals surface area contributed by atoms with E-state index in [1.165, 1.54) is 49.5 Å². The third kappa shape index (κ3) is 8.13. The Morgan fingerprint density at radius 3 is 2.19 bits per heavy atom. The molecule has 0 heterocycles. The van der Waals surface area contributed by atoms with Crippen LogP contribution >= 0.6 is 11.6 Å². The lowest BCUT2D eigenvalue weighted by molar-refractivity contribution is -0.140. The highest BCUT2D eigenvalue weighted by atomic mass is 35.5. The fraction of sp³-hybridized carbons (Fsp3) is 0.333. The molecule has 1 atom stereocenters. The van der Waals surface area contributed by atoms with E-state index in [9.17, 15) is 22.4 Å². The quantitative estimate of drug-likeness (QED) is 0.323. The van der Waals surface area contributed by atoms with Crippen LogP contribution in [0.3, 0.4) is 0 Å². The minimum atomic E-state index is -4.40. The van der Waals surface area contributed by atoms with E-state index in [-0.39, 0.29) is 22.9 Å². The highest BCUT2D eigenvalue weighted by Gasteiger charge is 2.34. The second-order valence-corrected chi connectivity index (χ2v) is 12.9. The van der Waals surface area contributed by atoms with Crippen molar-refractivity contribution in [3.8, 4) is 11.5 Å². The maximum Gasteiger partial charge on any atom is 0.264 e. The molecular formula is C30H35ClFN3O6S. The van der Waals surface area contributed by atoms with Crippen molar-refractivity contribution in [1.29, 1.82) is 0 Å². The number of amides is 2. The smallest absolute Gasteiger partial charge is 0.264 e. The van der Waals surface area contributed by atoms with Gasteiger partial charge in [-0.3, -0.25) is 13.9 Å². The van der Waals surface area contributed by atoms with Crippen molar-refractivity contribution >= 4 is 39.1 Å². The van der Waals surface area contributed by atoms with Gasteiger partial charge in [-0.15, -0.1) is 0 Å². The van der Waals surface area contributed by atoms with E-state index < -0.39 is 45.8 Å². The molecule has 0 saturated carbocycles. The van der Waals surface area contributed by atoms with Gasteiger partial charge in [0.2, 0.25) is 11.8 Å². The number of rotatable bonds is 11. The number of carbonyl (C=O) groups is 2. The first-order chi connectivity index (χ1) is 19.7. The zero-order valence-corrected chi connectivity index (χ0v) is 25.9. The summed E-state index contributed by atoms with van der Waals surface area (Å²) in [4.78, 5) is 28.3. The van der Waals surface area contributed by atoms with E-state index >= 15 is 0 Å². The van der Waals surface area contributed by atoms with Crippen LogP contribution in [0.4, 0.5) is 10.1 Å². The van der Waals surface area contributed by atoms with E-state index in [1.54, 1.807) is 31.2 Å². The first-order valence-electron chi connectivity index (χ1n) is 13.0. The van der Waals surface area contributed by atoms with Crippen molar-refractivity contribution in [3.05, 3.63) is 83.1 Å². The fourth-order valence-electron chi connectivity index (χ4n) is 4.13. The summed E-state index contributed by atoms with van der Waals surface area (Å²) in [5.74, 6) is -1.19. The van der Waals surface area contributed by atoms with Gasteiger partial charge in [-0.2, -0.15) is 0 Å². The molecule has 0 spiro atoms. The van der Waals surface area contributed by atoms with Crippen LogP contribution in [0.15, 0.2) is 71.6 Å². The molecule has 12 heteroatoms. The van der Waals surface area contributed by atoms with Crippen LogP contribution in [0.25, 0.3) is 0 Å². The number of halogens is 2. The molecule has 0 aliphatic heterocycles. The largest absolute Gasteiger partial charge is 0.493 e. The molecule has 0 saturated heterocycles. The molecule has 0 bridgehead atoms. The van der Waals surface area contributed by atoms with Gasteiger partial charge in [0.15, 0.2) is 11.5 Å². The standard InChI is InChI=1S/C30H35ClFN3O6S/c1-20(29(37)33-30(2,3)4)34(18-21-8-7-9-22(31)16-21)28(36)19-35(24-12-10-23(32)11-13-24)42(38,39)25-14-15-26(40-5)27(17-25)41-6/h7-17,20H,18-19H2,1-6H3,(H,33,37). The third-order valence-electron chi connectivity index (χ3n) is 6.24. The van der Waals surface area contributed by atoms with Gasteiger partial charge in [-0.25, -0.2) is 12.8 Å². The van der Waals surface area contributed by atoms with Gasteiger partial charge >= 0.3 is 0 Å². The normalized spacial score (nSPS) is 12.3. The summed E-state index contributed by atoms with van der Waals surface area (Å²) in [6.07, 6.45) is 0. The predicted molar refractivity (Wildman–Crippen MR) is 160 cm³/mol. The highest BCUT2D eigenvalue weighted by molar-refractivity contribution is 7.92. The number of nitrogens with zero attached hydrogens (tertiary/aromatic N) is 2. The Bertz CT molecular complexity index is 1530. The Kier molecular flexibility index (Phi) is 10.5. The monoisotopic (exact) mass is 619 g/mol. The fourth-order valence-corrected chi connectivity index (χ4v) is 5.77. The second-order valence-electron chi connectivity index (χ2n) is 10.6. The third-order valence-corrected chi connectivity index (χ3v) is 8.25. The summed E-state index contributed by atoms with van der Waals surface area (Å²) in [5, 5.41) is 3.30. The molecule has 0 aliphatic carbocycles. The number of sulfonamides is 1. The average Bonchev–Trinajstić information content (AvgIpc) is 2.93. The van der Waals surface area contributed by atoms with Crippen LogP contribution in [0.5, 0.6) is 11.5 Å². The summed E-state index contributed by atoms with van der Waals surface area (Å²) in [6, 6.07) is 14.6. The van der Waals surface area contributed by atoms with Crippen LogP contribution in [0.2, 0.25) is 5.02 Å². The summed E-state index contributed by atoms with van der Waals surface area (Å²) >= 11 is 6.17. The van der Waals surface area contributed by atoms with Gasteiger partial charge < -0.3 is 19.7 Å². The van der Waals surface area contributed by atoms with Crippen LogP contribution in [0.1, 0.15) is 33.3 Å². The molecule has 3 aromatic carbocycles. The maximum atomic E-state index is 14.0. The molecule has 2 amide bonds. The summed E-state index contributed by atoms with van der Waals surface area (Å²) in [7, 11) is -1.62. The lowest BCUT2D eigenvalue weighted by Gasteiger charge is -2.33. The number of nitrogens with one attached hydrogen (secondary N) is 1. The van der Waals surface area contributed by atoms with E-state index in [2.05, 4.69) is 5.32 Å². The van der Waals surface area contributed by atoms with E-state index in [1.807, 2.05) is 20.8 Å². The predicted octanol–water partition coefficient (Wildman–Crippen LogP) is 5.02. The Labute approximate surface area is 251 Å². The number of methoxy groups -OCH3 is 2. The molecular weight excluding hydrogens is 585 g/mol. The number of hydrogen-bond donors (Lipinski definition) is 1. The number of benzene rings is 3. The molecule has 0 aromatic heterocycles. The van der Waals surface area contributed by atoms with Gasteiger partial charge in [-0.1, -0.05) is 23.7 Å². The molecule has 0 aliphatic rings. The lowest BCUT2D eigenvalue weighted by atomic mass is 10.1. The van der Waals surface area contributed by atoms with E-state index in [4.69, 9.17) is 21.1 Å². The highest BCUT2D eigenvalue weighted by Crippen LogP contribution is 2.32. The average molecular weight is 620 g/mol. The Morgan fingerprint density at radius 1 is 0.976 bits per heavy atom. The van der Waals surface area contributed by atoms with Crippen molar-refractivity contribution < 1.29 is 31.9 Å². The van der Waals surface area contributed by atoms with Gasteiger partial charge in [0.05, 0.1) is 24.8 Å². The number of ether oxygens (including phenoxy) is 2. The summed E-state index contributed by atoms with van der Waals surface area (Å²) < 4.78 is 53.2. The van der Waals surface area contributed by atoms with Crippen molar-refractivity contribution in [2.75, 3.05) is 25.1 Å². The first-order valence-corrected chi connectivity index (χ1v) is 14.8. The van der Waals surface area contributed by atoms with Crippen LogP contribution < -0.4 is 19.1 Å². The number of hydrogen-bond acceptors (Lipinski definition) is 6.